The molecule has 2 aromatic rings. The van der Waals surface area contributed by atoms with Gasteiger partial charge in [-0.05, 0) is 61.4 Å². The zero-order chi connectivity index (χ0) is 24.2. The maximum absolute atomic E-state index is 13.9. The van der Waals surface area contributed by atoms with Gasteiger partial charge in [0.25, 0.3) is 0 Å². The van der Waals surface area contributed by atoms with Crippen LogP contribution in [-0.4, -0.2) is 41.8 Å². The van der Waals surface area contributed by atoms with Crippen molar-refractivity contribution in [3.8, 4) is 0 Å². The fourth-order valence-corrected chi connectivity index (χ4v) is 5.33. The molecule has 2 aliphatic rings. The Balaban J connectivity index is 1.75. The van der Waals surface area contributed by atoms with Gasteiger partial charge < -0.3 is 9.47 Å². The summed E-state index contributed by atoms with van der Waals surface area (Å²) in [4.78, 5) is 30.7. The normalized spacial score (nSPS) is 26.3. The van der Waals surface area contributed by atoms with Crippen LogP contribution in [0, 0.1) is 5.92 Å². The van der Waals surface area contributed by atoms with Gasteiger partial charge in [0, 0.05) is 15.9 Å². The molecule has 178 valence electrons. The summed E-state index contributed by atoms with van der Waals surface area (Å²) >= 11 is 6.12. The minimum Gasteiger partial charge on any atom is -0.446 e. The summed E-state index contributed by atoms with van der Waals surface area (Å²) in [5, 5.41) is 4.53. The highest BCUT2D eigenvalue weighted by Gasteiger charge is 2.46. The van der Waals surface area contributed by atoms with Crippen molar-refractivity contribution >= 4 is 23.6 Å². The summed E-state index contributed by atoms with van der Waals surface area (Å²) in [5.74, 6) is -1.03. The molecule has 2 heterocycles. The molecule has 9 heteroatoms. The number of azide groups is 1. The Kier molecular flexibility index (Phi) is 7.41. The van der Waals surface area contributed by atoms with Gasteiger partial charge in [-0.3, -0.25) is 4.79 Å². The van der Waals surface area contributed by atoms with Gasteiger partial charge in [0.1, 0.15) is 18.7 Å². The monoisotopic (exact) mass is 482 g/mol. The van der Waals surface area contributed by atoms with Crippen LogP contribution < -0.4 is 0 Å². The highest BCUT2D eigenvalue weighted by atomic mass is 35.5. The lowest BCUT2D eigenvalue weighted by molar-refractivity contribution is -0.132. The van der Waals surface area contributed by atoms with Crippen molar-refractivity contribution < 1.29 is 19.1 Å². The molecule has 0 aliphatic carbocycles. The van der Waals surface area contributed by atoms with E-state index in [0.29, 0.717) is 17.9 Å². The molecule has 34 heavy (non-hydrogen) atoms. The van der Waals surface area contributed by atoms with Gasteiger partial charge in [-0.25, -0.2) is 9.69 Å². The molecule has 4 rings (SSSR count). The van der Waals surface area contributed by atoms with Crippen molar-refractivity contribution in [3.63, 3.8) is 0 Å². The molecule has 0 spiro atoms. The summed E-state index contributed by atoms with van der Waals surface area (Å²) < 4.78 is 11.2. The predicted octanol–water partition coefficient (Wildman–Crippen LogP) is 6.03. The maximum Gasteiger partial charge on any atom is 0.417 e. The van der Waals surface area contributed by atoms with Crippen molar-refractivity contribution in [2.75, 3.05) is 6.61 Å². The second-order valence-corrected chi connectivity index (χ2v) is 9.36. The molecule has 0 bridgehead atoms. The summed E-state index contributed by atoms with van der Waals surface area (Å²) in [5.41, 5.74) is 11.0. The number of carbonyl (C=O) groups is 2. The van der Waals surface area contributed by atoms with E-state index in [1.165, 1.54) is 0 Å². The molecule has 2 saturated heterocycles. The van der Waals surface area contributed by atoms with Gasteiger partial charge in [0.15, 0.2) is 0 Å². The van der Waals surface area contributed by atoms with Crippen LogP contribution >= 0.6 is 11.6 Å². The average molecular weight is 483 g/mol. The smallest absolute Gasteiger partial charge is 0.417 e. The van der Waals surface area contributed by atoms with E-state index in [0.717, 1.165) is 16.0 Å². The Morgan fingerprint density at radius 1 is 1.12 bits per heavy atom. The third-order valence-electron chi connectivity index (χ3n) is 6.56. The van der Waals surface area contributed by atoms with E-state index >= 15 is 0 Å². The fraction of sp³-hybridized carbons (Fsp3) is 0.440. The molecule has 8 nitrogen and oxygen atoms in total. The standard InChI is InChI=1S/C25H27ClN4O4/c1-15-12-19(13-16(2)34-15)22(18-8-10-20(26)11-9-18)23(28-29-27)24(31)30-21(14-33-25(30)32)17-6-4-3-5-7-17/h3-11,15-16,19,21-23H,12-14H2,1-2H3/t15-,16-,21+,22+,23-/m0/s1. The Hall–Kier alpha value is -3.06. The lowest BCUT2D eigenvalue weighted by atomic mass is 9.74. The van der Waals surface area contributed by atoms with Gasteiger partial charge in [0.05, 0.1) is 12.2 Å². The molecule has 5 atom stereocenters. The van der Waals surface area contributed by atoms with Crippen molar-refractivity contribution in [1.82, 2.24) is 4.90 Å². The first-order valence-corrected chi connectivity index (χ1v) is 11.8. The number of benzene rings is 2. The van der Waals surface area contributed by atoms with E-state index < -0.39 is 30.0 Å². The van der Waals surface area contributed by atoms with Crippen LogP contribution in [0.3, 0.4) is 0 Å². The van der Waals surface area contributed by atoms with Gasteiger partial charge in [0.2, 0.25) is 5.91 Å². The first kappa shape index (κ1) is 24.1. The minimum atomic E-state index is -1.13. The van der Waals surface area contributed by atoms with Crippen LogP contribution in [-0.2, 0) is 14.3 Å². The van der Waals surface area contributed by atoms with Crippen molar-refractivity contribution in [2.24, 2.45) is 11.0 Å². The molecule has 2 amide bonds. The third kappa shape index (κ3) is 5.04. The molecule has 2 aromatic carbocycles. The number of amides is 2. The number of imide groups is 1. The average Bonchev–Trinajstić information content (AvgIpc) is 3.21. The van der Waals surface area contributed by atoms with Crippen molar-refractivity contribution in [3.05, 3.63) is 81.2 Å². The van der Waals surface area contributed by atoms with E-state index in [1.807, 2.05) is 56.3 Å². The zero-order valence-corrected chi connectivity index (χ0v) is 19.8. The molecule has 2 fully saturated rings. The number of carbonyl (C=O) groups excluding carboxylic acids is 2. The van der Waals surface area contributed by atoms with E-state index in [4.69, 9.17) is 21.1 Å². The Labute approximate surface area is 203 Å². The first-order chi connectivity index (χ1) is 16.4. The number of cyclic esters (lactones) is 1. The molecular formula is C25H27ClN4O4. The number of rotatable bonds is 6. The molecule has 0 unspecified atom stereocenters. The number of nitrogens with zero attached hydrogens (tertiary/aromatic N) is 4. The summed E-state index contributed by atoms with van der Waals surface area (Å²) in [6, 6.07) is 14.7. The van der Waals surface area contributed by atoms with Crippen LogP contribution in [0.1, 0.15) is 49.8 Å². The third-order valence-corrected chi connectivity index (χ3v) is 6.81. The Morgan fingerprint density at radius 2 is 1.76 bits per heavy atom. The van der Waals surface area contributed by atoms with Crippen LogP contribution in [0.4, 0.5) is 4.79 Å². The number of ether oxygens (including phenoxy) is 2. The van der Waals surface area contributed by atoms with E-state index in [1.54, 1.807) is 12.1 Å². The predicted molar refractivity (Wildman–Crippen MR) is 127 cm³/mol. The quantitative estimate of drug-likeness (QED) is 0.285. The molecule has 0 aromatic heterocycles. The van der Waals surface area contributed by atoms with Gasteiger partial charge in [-0.1, -0.05) is 59.2 Å². The fourth-order valence-electron chi connectivity index (χ4n) is 5.21. The topological polar surface area (TPSA) is 105 Å². The van der Waals surface area contributed by atoms with E-state index in [2.05, 4.69) is 10.0 Å². The minimum absolute atomic E-state index is 0.00632. The highest BCUT2D eigenvalue weighted by molar-refractivity contribution is 6.30. The molecular weight excluding hydrogens is 456 g/mol. The van der Waals surface area contributed by atoms with Crippen LogP contribution in [0.15, 0.2) is 59.7 Å². The first-order valence-electron chi connectivity index (χ1n) is 11.4. The van der Waals surface area contributed by atoms with Crippen LogP contribution in [0.5, 0.6) is 0 Å². The number of hydrogen-bond donors (Lipinski definition) is 0. The Morgan fingerprint density at radius 3 is 2.38 bits per heavy atom. The van der Waals surface area contributed by atoms with E-state index in [9.17, 15) is 15.1 Å². The van der Waals surface area contributed by atoms with E-state index in [-0.39, 0.29) is 24.7 Å². The van der Waals surface area contributed by atoms with Gasteiger partial charge >= 0.3 is 6.09 Å². The lowest BCUT2D eigenvalue weighted by Crippen LogP contribution is -2.46. The molecule has 2 aliphatic heterocycles. The zero-order valence-electron chi connectivity index (χ0n) is 19.1. The van der Waals surface area contributed by atoms with Crippen LogP contribution in [0.2, 0.25) is 5.02 Å². The second kappa shape index (κ2) is 10.5. The SMILES string of the molecule is C[C@H]1CC([C@@H](c2ccc(Cl)cc2)[C@H](N=[N+]=[N-])C(=O)N2C(=O)OC[C@@H]2c2ccccc2)C[C@H](C)O1. The Bertz CT molecular complexity index is 1060. The van der Waals surface area contributed by atoms with Gasteiger partial charge in [-0.2, -0.15) is 0 Å². The lowest BCUT2D eigenvalue weighted by Gasteiger charge is -2.39. The second-order valence-electron chi connectivity index (χ2n) is 8.93. The summed E-state index contributed by atoms with van der Waals surface area (Å²) in [7, 11) is 0. The molecule has 0 saturated carbocycles. The van der Waals surface area contributed by atoms with Crippen molar-refractivity contribution in [2.45, 2.75) is 56.9 Å². The number of hydrogen-bond acceptors (Lipinski definition) is 5. The molecule has 0 N–H and O–H groups in total. The van der Waals surface area contributed by atoms with Gasteiger partial charge in [-0.15, -0.1) is 0 Å². The number of halogens is 1. The maximum atomic E-state index is 13.9. The highest BCUT2D eigenvalue weighted by Crippen LogP contribution is 2.42. The van der Waals surface area contributed by atoms with Crippen LogP contribution in [0.25, 0.3) is 10.4 Å². The summed E-state index contributed by atoms with van der Waals surface area (Å²) in [6.45, 7) is 4.04. The van der Waals surface area contributed by atoms with Crippen molar-refractivity contribution in [1.29, 1.82) is 0 Å². The largest absolute Gasteiger partial charge is 0.446 e. The molecule has 0 radical (unpaired) electrons. The summed E-state index contributed by atoms with van der Waals surface area (Å²) in [6.07, 6.45) is 0.614.